The van der Waals surface area contributed by atoms with Gasteiger partial charge in [-0.2, -0.15) is 13.2 Å². The number of rotatable bonds is 9. The minimum atomic E-state index is -4.55. The third-order valence-electron chi connectivity index (χ3n) is 7.98. The first-order valence-electron chi connectivity index (χ1n) is 12.8. The zero-order chi connectivity index (χ0) is 27.0. The number of para-hydroxylation sites is 1. The van der Waals surface area contributed by atoms with Crippen molar-refractivity contribution in [3.05, 3.63) is 29.8 Å². The monoisotopic (exact) mass is 524 g/mol. The lowest BCUT2D eigenvalue weighted by Gasteiger charge is -2.40. The van der Waals surface area contributed by atoms with Crippen LogP contribution in [-0.2, 0) is 14.3 Å². The normalized spacial score (nSPS) is 27.6. The SMILES string of the molecule is CCC1(CC)CC(=O)N([C@H](CCOC)[C@H]2C[C@@H]2C(=O)N[C@H]2C[C@@H](C(F)(F)F)Oc3ccccc32)C(N)=N1. The fourth-order valence-corrected chi connectivity index (χ4v) is 5.59. The second kappa shape index (κ2) is 10.5. The Morgan fingerprint density at radius 2 is 2.00 bits per heavy atom. The molecule has 0 bridgehead atoms. The largest absolute Gasteiger partial charge is 0.480 e. The minimum absolute atomic E-state index is 0.116. The van der Waals surface area contributed by atoms with E-state index in [1.54, 1.807) is 25.3 Å². The highest BCUT2D eigenvalue weighted by Gasteiger charge is 2.53. The highest BCUT2D eigenvalue weighted by Crippen LogP contribution is 2.47. The molecule has 0 radical (unpaired) electrons. The van der Waals surface area contributed by atoms with Crippen LogP contribution in [0.15, 0.2) is 29.3 Å². The van der Waals surface area contributed by atoms with E-state index in [2.05, 4.69) is 10.3 Å². The average molecular weight is 525 g/mol. The molecule has 1 aliphatic carbocycles. The maximum Gasteiger partial charge on any atom is 0.425 e. The minimum Gasteiger partial charge on any atom is -0.480 e. The summed E-state index contributed by atoms with van der Waals surface area (Å²) in [4.78, 5) is 32.7. The second-order valence-corrected chi connectivity index (χ2v) is 10.2. The van der Waals surface area contributed by atoms with Crippen molar-refractivity contribution in [2.75, 3.05) is 13.7 Å². The smallest absolute Gasteiger partial charge is 0.425 e. The molecule has 2 heterocycles. The van der Waals surface area contributed by atoms with Gasteiger partial charge in [0.05, 0.1) is 18.0 Å². The fourth-order valence-electron chi connectivity index (χ4n) is 5.59. The van der Waals surface area contributed by atoms with Crippen LogP contribution < -0.4 is 15.8 Å². The van der Waals surface area contributed by atoms with Crippen LogP contribution in [0.4, 0.5) is 13.2 Å². The number of nitrogens with two attached hydrogens (primary N) is 1. The molecule has 1 saturated carbocycles. The molecule has 0 saturated heterocycles. The molecule has 0 spiro atoms. The molecule has 2 amide bonds. The number of halogens is 3. The first-order chi connectivity index (χ1) is 17.5. The first-order valence-corrected chi connectivity index (χ1v) is 12.8. The lowest BCUT2D eigenvalue weighted by Crippen LogP contribution is -2.56. The molecule has 3 aliphatic rings. The summed E-state index contributed by atoms with van der Waals surface area (Å²) in [5.41, 5.74) is 6.31. The number of methoxy groups -OCH3 is 1. The van der Waals surface area contributed by atoms with Gasteiger partial charge in [0, 0.05) is 37.7 Å². The number of ether oxygens (including phenoxy) is 2. The Bertz CT molecular complexity index is 1040. The van der Waals surface area contributed by atoms with E-state index in [0.29, 0.717) is 37.9 Å². The number of nitrogens with one attached hydrogen (secondary N) is 1. The third kappa shape index (κ3) is 5.56. The number of carbonyl (C=O) groups is 2. The van der Waals surface area contributed by atoms with E-state index in [1.807, 2.05) is 13.8 Å². The molecule has 0 aromatic heterocycles. The standard InChI is InChI=1S/C26H35F3N4O4/c1-4-25(5-2)14-22(34)33(24(30)32-25)19(10-11-36-3)16-12-17(16)23(35)31-18-13-21(26(27,28)29)37-20-9-7-6-8-15(18)20/h6-9,16-19,21H,4-5,10-14H2,1-3H3,(H2,30,32)(H,31,35)/t16-,17-,18-,19+,21-/m0/s1. The quantitative estimate of drug-likeness (QED) is 0.512. The fraction of sp³-hybridized carbons (Fsp3) is 0.654. The molecule has 204 valence electrons. The van der Waals surface area contributed by atoms with E-state index >= 15 is 0 Å². The summed E-state index contributed by atoms with van der Waals surface area (Å²) in [6, 6.07) is 5.22. The Kier molecular flexibility index (Phi) is 7.73. The van der Waals surface area contributed by atoms with E-state index in [9.17, 15) is 22.8 Å². The first kappa shape index (κ1) is 27.2. The van der Waals surface area contributed by atoms with Crippen molar-refractivity contribution >= 4 is 17.8 Å². The van der Waals surface area contributed by atoms with E-state index in [0.717, 1.165) is 0 Å². The van der Waals surface area contributed by atoms with Crippen LogP contribution in [0, 0.1) is 11.8 Å². The Hall–Kier alpha value is -2.82. The molecule has 1 fully saturated rings. The maximum atomic E-state index is 13.5. The van der Waals surface area contributed by atoms with E-state index in [-0.39, 0.29) is 41.9 Å². The van der Waals surface area contributed by atoms with Gasteiger partial charge in [-0.05, 0) is 37.7 Å². The van der Waals surface area contributed by atoms with Gasteiger partial charge in [0.1, 0.15) is 5.75 Å². The van der Waals surface area contributed by atoms with Crippen molar-refractivity contribution in [1.29, 1.82) is 0 Å². The van der Waals surface area contributed by atoms with Crippen LogP contribution in [0.2, 0.25) is 0 Å². The van der Waals surface area contributed by atoms with E-state index < -0.39 is 36.2 Å². The Morgan fingerprint density at radius 3 is 2.62 bits per heavy atom. The van der Waals surface area contributed by atoms with Gasteiger partial charge in [0.25, 0.3) is 0 Å². The zero-order valence-electron chi connectivity index (χ0n) is 21.4. The molecule has 1 aromatic rings. The van der Waals surface area contributed by atoms with Gasteiger partial charge in [-0.25, -0.2) is 4.99 Å². The van der Waals surface area contributed by atoms with Crippen molar-refractivity contribution in [1.82, 2.24) is 10.2 Å². The summed E-state index contributed by atoms with van der Waals surface area (Å²) in [5.74, 6) is -0.854. The van der Waals surface area contributed by atoms with E-state index in [1.165, 1.54) is 11.0 Å². The molecule has 4 rings (SSSR count). The Morgan fingerprint density at radius 1 is 1.30 bits per heavy atom. The molecule has 2 aliphatic heterocycles. The average Bonchev–Trinajstić information content (AvgIpc) is 3.65. The van der Waals surface area contributed by atoms with Crippen molar-refractivity contribution in [3.63, 3.8) is 0 Å². The number of amides is 2. The Labute approximate surface area is 214 Å². The molecule has 0 unspecified atom stereocenters. The molecule has 5 atom stereocenters. The van der Waals surface area contributed by atoms with Crippen LogP contribution in [0.5, 0.6) is 5.75 Å². The molecular weight excluding hydrogens is 489 g/mol. The summed E-state index contributed by atoms with van der Waals surface area (Å²) in [7, 11) is 1.56. The zero-order valence-corrected chi connectivity index (χ0v) is 21.4. The van der Waals surface area contributed by atoms with Crippen molar-refractivity contribution in [2.45, 2.75) is 82.3 Å². The summed E-state index contributed by atoms with van der Waals surface area (Å²) in [5, 5.41) is 2.82. The highest BCUT2D eigenvalue weighted by molar-refractivity contribution is 5.99. The van der Waals surface area contributed by atoms with Crippen LogP contribution in [-0.4, -0.2) is 60.3 Å². The van der Waals surface area contributed by atoms with Crippen LogP contribution in [0.3, 0.4) is 0 Å². The topological polar surface area (TPSA) is 106 Å². The second-order valence-electron chi connectivity index (χ2n) is 10.2. The number of nitrogens with zero attached hydrogens (tertiary/aromatic N) is 2. The predicted octanol–water partition coefficient (Wildman–Crippen LogP) is 3.70. The number of fused-ring (bicyclic) bond motifs is 1. The molecule has 37 heavy (non-hydrogen) atoms. The van der Waals surface area contributed by atoms with Crippen molar-refractivity contribution in [2.24, 2.45) is 22.6 Å². The number of aliphatic imine (C=N–C) groups is 1. The van der Waals surface area contributed by atoms with Gasteiger partial charge in [0.2, 0.25) is 11.8 Å². The lowest BCUT2D eigenvalue weighted by atomic mass is 9.87. The molecule has 1 aromatic carbocycles. The number of hydrogen-bond acceptors (Lipinski definition) is 6. The van der Waals surface area contributed by atoms with Crippen molar-refractivity contribution in [3.8, 4) is 5.75 Å². The number of guanidine groups is 1. The third-order valence-corrected chi connectivity index (χ3v) is 7.98. The predicted molar refractivity (Wildman–Crippen MR) is 131 cm³/mol. The molecular formula is C26H35F3N4O4. The van der Waals surface area contributed by atoms with Gasteiger partial charge in [-0.3, -0.25) is 14.5 Å². The van der Waals surface area contributed by atoms with Gasteiger partial charge in [-0.15, -0.1) is 0 Å². The number of alkyl halides is 3. The van der Waals surface area contributed by atoms with Crippen LogP contribution in [0.1, 0.15) is 64.0 Å². The summed E-state index contributed by atoms with van der Waals surface area (Å²) in [6.07, 6.45) is -4.38. The van der Waals surface area contributed by atoms with Crippen LogP contribution in [0.25, 0.3) is 0 Å². The Balaban J connectivity index is 1.51. The van der Waals surface area contributed by atoms with Gasteiger partial charge >= 0.3 is 6.18 Å². The highest BCUT2D eigenvalue weighted by atomic mass is 19.4. The molecule has 3 N–H and O–H groups in total. The summed E-state index contributed by atoms with van der Waals surface area (Å²) in [6.45, 7) is 4.31. The maximum absolute atomic E-state index is 13.5. The van der Waals surface area contributed by atoms with Crippen molar-refractivity contribution < 1.29 is 32.2 Å². The molecule has 11 heteroatoms. The van der Waals surface area contributed by atoms with Gasteiger partial charge < -0.3 is 20.5 Å². The number of benzene rings is 1. The van der Waals surface area contributed by atoms with Gasteiger partial charge in [-0.1, -0.05) is 32.0 Å². The summed E-state index contributed by atoms with van der Waals surface area (Å²) < 4.78 is 50.9. The summed E-state index contributed by atoms with van der Waals surface area (Å²) >= 11 is 0. The van der Waals surface area contributed by atoms with E-state index in [4.69, 9.17) is 15.2 Å². The number of hydrogen-bond donors (Lipinski definition) is 2. The van der Waals surface area contributed by atoms with Gasteiger partial charge in [0.15, 0.2) is 12.1 Å². The lowest BCUT2D eigenvalue weighted by molar-refractivity contribution is -0.201. The number of carbonyl (C=O) groups excluding carboxylic acids is 2. The molecule has 8 nitrogen and oxygen atoms in total. The van der Waals surface area contributed by atoms with Crippen LogP contribution >= 0.6 is 0 Å².